The summed E-state index contributed by atoms with van der Waals surface area (Å²) >= 11 is 0. The van der Waals surface area contributed by atoms with Crippen LogP contribution in [-0.4, -0.2) is 34.2 Å². The van der Waals surface area contributed by atoms with Gasteiger partial charge in [0, 0.05) is 0 Å². The number of anilines is 2. The van der Waals surface area contributed by atoms with Crippen molar-refractivity contribution >= 4 is 27.3 Å². The van der Waals surface area contributed by atoms with Gasteiger partial charge >= 0.3 is 0 Å². The third-order valence-electron chi connectivity index (χ3n) is 4.17. The molecule has 0 saturated heterocycles. The number of hydrogen-bond acceptors (Lipinski definition) is 5. The lowest BCUT2D eigenvalue weighted by Gasteiger charge is -2.22. The van der Waals surface area contributed by atoms with Crippen LogP contribution < -0.4 is 19.1 Å². The standard InChI is InChI=1S/C22H22N2O5S/c1-28-21-11-7-6-10-20(21)23-22(25)16-24(30(2,26)27)17-12-14-19(15-13-17)29-18-8-4-3-5-9-18/h3-15H,16H2,1-2H3,(H,23,25). The van der Waals surface area contributed by atoms with Gasteiger partial charge in [-0.05, 0) is 48.5 Å². The van der Waals surface area contributed by atoms with Gasteiger partial charge in [-0.3, -0.25) is 9.10 Å². The van der Waals surface area contributed by atoms with Gasteiger partial charge in [0.2, 0.25) is 15.9 Å². The number of amides is 1. The van der Waals surface area contributed by atoms with Crippen LogP contribution in [0, 0.1) is 0 Å². The highest BCUT2D eigenvalue weighted by Gasteiger charge is 2.21. The van der Waals surface area contributed by atoms with E-state index in [0.717, 1.165) is 10.6 Å². The van der Waals surface area contributed by atoms with Crippen molar-refractivity contribution in [3.8, 4) is 17.2 Å². The molecule has 156 valence electrons. The number of rotatable bonds is 8. The number of carbonyl (C=O) groups excluding carboxylic acids is 1. The molecule has 0 atom stereocenters. The van der Waals surface area contributed by atoms with Gasteiger partial charge in [-0.1, -0.05) is 30.3 Å². The molecule has 8 heteroatoms. The lowest BCUT2D eigenvalue weighted by molar-refractivity contribution is -0.114. The Morgan fingerprint density at radius 2 is 1.50 bits per heavy atom. The zero-order chi connectivity index (χ0) is 21.6. The van der Waals surface area contributed by atoms with Crippen LogP contribution in [0.4, 0.5) is 11.4 Å². The molecule has 0 spiro atoms. The van der Waals surface area contributed by atoms with Crippen molar-refractivity contribution in [3.05, 3.63) is 78.9 Å². The first-order valence-corrected chi connectivity index (χ1v) is 11.0. The third kappa shape index (κ3) is 5.51. The minimum atomic E-state index is -3.69. The van der Waals surface area contributed by atoms with Crippen LogP contribution in [0.15, 0.2) is 78.9 Å². The second-order valence-electron chi connectivity index (χ2n) is 6.43. The van der Waals surface area contributed by atoms with Crippen LogP contribution >= 0.6 is 0 Å². The maximum Gasteiger partial charge on any atom is 0.245 e. The van der Waals surface area contributed by atoms with Gasteiger partial charge in [-0.2, -0.15) is 0 Å². The van der Waals surface area contributed by atoms with Gasteiger partial charge in [-0.25, -0.2) is 8.42 Å². The van der Waals surface area contributed by atoms with Crippen LogP contribution in [0.1, 0.15) is 0 Å². The molecule has 0 aromatic heterocycles. The first-order chi connectivity index (χ1) is 14.4. The molecule has 0 unspecified atom stereocenters. The molecule has 0 saturated carbocycles. The number of nitrogens with one attached hydrogen (secondary N) is 1. The number of para-hydroxylation sites is 3. The fraction of sp³-hybridized carbons (Fsp3) is 0.136. The summed E-state index contributed by atoms with van der Waals surface area (Å²) in [6.45, 7) is -0.379. The fourth-order valence-corrected chi connectivity index (χ4v) is 3.63. The molecule has 0 fully saturated rings. The minimum absolute atomic E-state index is 0.355. The van der Waals surface area contributed by atoms with E-state index in [1.54, 1.807) is 48.5 Å². The average Bonchev–Trinajstić information content (AvgIpc) is 2.73. The van der Waals surface area contributed by atoms with Crippen LogP contribution in [0.2, 0.25) is 0 Å². The van der Waals surface area contributed by atoms with Crippen molar-refractivity contribution in [3.63, 3.8) is 0 Å². The topological polar surface area (TPSA) is 84.9 Å². The predicted molar refractivity (Wildman–Crippen MR) is 117 cm³/mol. The molecule has 0 aliphatic heterocycles. The van der Waals surface area contributed by atoms with Gasteiger partial charge in [0.15, 0.2) is 0 Å². The second-order valence-corrected chi connectivity index (χ2v) is 8.33. The van der Waals surface area contributed by atoms with Crippen molar-refractivity contribution in [1.82, 2.24) is 0 Å². The summed E-state index contributed by atoms with van der Waals surface area (Å²) in [5.41, 5.74) is 0.818. The Labute approximate surface area is 175 Å². The number of nitrogens with zero attached hydrogens (tertiary/aromatic N) is 1. The van der Waals surface area contributed by atoms with Crippen molar-refractivity contribution in [1.29, 1.82) is 0 Å². The summed E-state index contributed by atoms with van der Waals surface area (Å²) in [5, 5.41) is 2.68. The summed E-state index contributed by atoms with van der Waals surface area (Å²) in [7, 11) is -2.20. The van der Waals surface area contributed by atoms with Gasteiger partial charge in [0.25, 0.3) is 0 Å². The molecule has 0 aliphatic carbocycles. The Morgan fingerprint density at radius 3 is 2.13 bits per heavy atom. The number of ether oxygens (including phenoxy) is 2. The zero-order valence-electron chi connectivity index (χ0n) is 16.6. The molecule has 3 aromatic carbocycles. The van der Waals surface area contributed by atoms with E-state index in [0.29, 0.717) is 28.6 Å². The number of sulfonamides is 1. The molecule has 0 radical (unpaired) electrons. The summed E-state index contributed by atoms with van der Waals surface area (Å²) < 4.78 is 36.6. The maximum absolute atomic E-state index is 12.5. The maximum atomic E-state index is 12.5. The summed E-state index contributed by atoms with van der Waals surface area (Å²) in [6.07, 6.45) is 1.05. The normalized spacial score (nSPS) is 10.9. The minimum Gasteiger partial charge on any atom is -0.495 e. The third-order valence-corrected chi connectivity index (χ3v) is 5.31. The van der Waals surface area contributed by atoms with E-state index < -0.39 is 15.9 Å². The van der Waals surface area contributed by atoms with Gasteiger partial charge in [0.05, 0.1) is 24.7 Å². The number of benzene rings is 3. The Morgan fingerprint density at radius 1 is 0.900 bits per heavy atom. The van der Waals surface area contributed by atoms with E-state index in [-0.39, 0.29) is 6.54 Å². The largest absolute Gasteiger partial charge is 0.495 e. The Balaban J connectivity index is 1.75. The lowest BCUT2D eigenvalue weighted by Crippen LogP contribution is -2.37. The monoisotopic (exact) mass is 426 g/mol. The predicted octanol–water partition coefficient (Wildman–Crippen LogP) is 3.89. The molecule has 30 heavy (non-hydrogen) atoms. The highest BCUT2D eigenvalue weighted by atomic mass is 32.2. The van der Waals surface area contributed by atoms with Crippen molar-refractivity contribution in [2.45, 2.75) is 0 Å². The summed E-state index contributed by atoms with van der Waals surface area (Å²) in [4.78, 5) is 12.5. The summed E-state index contributed by atoms with van der Waals surface area (Å²) in [5.74, 6) is 1.21. The molecule has 1 amide bonds. The molecule has 0 bridgehead atoms. The molecule has 1 N–H and O–H groups in total. The first-order valence-electron chi connectivity index (χ1n) is 9.10. The van der Waals surface area contributed by atoms with Crippen molar-refractivity contribution in [2.24, 2.45) is 0 Å². The van der Waals surface area contributed by atoms with E-state index >= 15 is 0 Å². The van der Waals surface area contributed by atoms with Gasteiger partial charge in [0.1, 0.15) is 23.8 Å². The van der Waals surface area contributed by atoms with Crippen LogP contribution in [0.3, 0.4) is 0 Å². The molecule has 0 aliphatic rings. The Bertz CT molecular complexity index is 1100. The van der Waals surface area contributed by atoms with Gasteiger partial charge < -0.3 is 14.8 Å². The fourth-order valence-electron chi connectivity index (χ4n) is 2.77. The Kier molecular flexibility index (Phi) is 6.58. The SMILES string of the molecule is COc1ccccc1NC(=O)CN(c1ccc(Oc2ccccc2)cc1)S(C)(=O)=O. The second kappa shape index (κ2) is 9.32. The molecule has 7 nitrogen and oxygen atoms in total. The molecule has 3 rings (SSSR count). The summed E-state index contributed by atoms with van der Waals surface area (Å²) in [6, 6.07) is 22.6. The van der Waals surface area contributed by atoms with E-state index in [1.165, 1.54) is 7.11 Å². The molecule has 0 heterocycles. The van der Waals surface area contributed by atoms with Crippen LogP contribution in [-0.2, 0) is 14.8 Å². The zero-order valence-corrected chi connectivity index (χ0v) is 17.4. The number of methoxy groups -OCH3 is 1. The van der Waals surface area contributed by atoms with Crippen molar-refractivity contribution < 1.29 is 22.7 Å². The van der Waals surface area contributed by atoms with Crippen molar-refractivity contribution in [2.75, 3.05) is 29.5 Å². The van der Waals surface area contributed by atoms with E-state index in [4.69, 9.17) is 9.47 Å². The smallest absolute Gasteiger partial charge is 0.245 e. The van der Waals surface area contributed by atoms with E-state index in [1.807, 2.05) is 30.3 Å². The van der Waals surface area contributed by atoms with E-state index in [9.17, 15) is 13.2 Å². The Hall–Kier alpha value is -3.52. The molecular weight excluding hydrogens is 404 g/mol. The van der Waals surface area contributed by atoms with Gasteiger partial charge in [-0.15, -0.1) is 0 Å². The van der Waals surface area contributed by atoms with E-state index in [2.05, 4.69) is 5.32 Å². The lowest BCUT2D eigenvalue weighted by atomic mass is 10.3. The number of hydrogen-bond donors (Lipinski definition) is 1. The van der Waals surface area contributed by atoms with Crippen LogP contribution in [0.25, 0.3) is 0 Å². The first kappa shape index (κ1) is 21.2. The highest BCUT2D eigenvalue weighted by Crippen LogP contribution is 2.26. The van der Waals surface area contributed by atoms with Crippen LogP contribution in [0.5, 0.6) is 17.2 Å². The highest BCUT2D eigenvalue weighted by molar-refractivity contribution is 7.92. The quantitative estimate of drug-likeness (QED) is 0.591. The molecule has 3 aromatic rings. The molecular formula is C22H22N2O5S. The average molecular weight is 426 g/mol. The number of carbonyl (C=O) groups is 1.